The third-order valence-electron chi connectivity index (χ3n) is 5.67. The molecule has 1 amide bonds. The van der Waals surface area contributed by atoms with E-state index in [1.165, 1.54) is 0 Å². The maximum atomic E-state index is 12.7. The molecule has 10 nitrogen and oxygen atoms in total. The van der Waals surface area contributed by atoms with Crippen LogP contribution in [0.3, 0.4) is 0 Å². The number of nitrogens with zero attached hydrogens (tertiary/aromatic N) is 5. The van der Waals surface area contributed by atoms with Gasteiger partial charge in [-0.1, -0.05) is 6.07 Å². The predicted octanol–water partition coefficient (Wildman–Crippen LogP) is 2.48. The zero-order valence-electron chi connectivity index (χ0n) is 20.2. The molecule has 4 heterocycles. The summed E-state index contributed by atoms with van der Waals surface area (Å²) in [5.74, 6) is -3.61. The third kappa shape index (κ3) is 8.71. The average molecular weight is 553 g/mol. The van der Waals surface area contributed by atoms with Crippen molar-refractivity contribution in [2.45, 2.75) is 32.4 Å². The molecule has 0 bridgehead atoms. The van der Waals surface area contributed by atoms with Gasteiger partial charge in [-0.25, -0.2) is 14.6 Å². The average Bonchev–Trinajstić information content (AvgIpc) is 3.45. The Morgan fingerprint density at radius 3 is 2.03 bits per heavy atom. The lowest BCUT2D eigenvalue weighted by Crippen LogP contribution is -2.32. The van der Waals surface area contributed by atoms with Gasteiger partial charge in [-0.15, -0.1) is 0 Å². The number of likely N-dealkylation sites (tertiary alicyclic amines) is 2. The van der Waals surface area contributed by atoms with E-state index in [0.29, 0.717) is 12.5 Å². The lowest BCUT2D eigenvalue weighted by Gasteiger charge is -2.21. The number of carboxylic acid groups (broad SMARTS) is 2. The van der Waals surface area contributed by atoms with Crippen molar-refractivity contribution in [2.24, 2.45) is 18.9 Å². The second-order valence-electron chi connectivity index (χ2n) is 8.61. The fraction of sp³-hybridized carbons (Fsp3) is 0.500. The summed E-state index contributed by atoms with van der Waals surface area (Å²) >= 11 is 0. The molecule has 2 atom stereocenters. The summed E-state index contributed by atoms with van der Waals surface area (Å²) in [5.41, 5.74) is 1.98. The zero-order chi connectivity index (χ0) is 28.8. The number of carbonyl (C=O) groups is 3. The number of hydrogen-bond donors (Lipinski definition) is 2. The highest BCUT2D eigenvalue weighted by atomic mass is 19.4. The lowest BCUT2D eigenvalue weighted by atomic mass is 10.0. The Labute approximate surface area is 212 Å². The first-order chi connectivity index (χ1) is 17.5. The number of aliphatic carboxylic acids is 2. The van der Waals surface area contributed by atoms with Crippen molar-refractivity contribution in [2.75, 3.05) is 19.6 Å². The van der Waals surface area contributed by atoms with E-state index < -0.39 is 24.3 Å². The van der Waals surface area contributed by atoms with Gasteiger partial charge in [0.1, 0.15) is 5.82 Å². The number of pyridine rings is 1. The number of carbonyl (C=O) groups excluding carboxylic acids is 1. The fourth-order valence-corrected chi connectivity index (χ4v) is 3.94. The molecule has 0 spiro atoms. The maximum Gasteiger partial charge on any atom is 0.490 e. The van der Waals surface area contributed by atoms with Gasteiger partial charge in [0.15, 0.2) is 0 Å². The quantitative estimate of drug-likeness (QED) is 0.553. The second kappa shape index (κ2) is 12.2. The van der Waals surface area contributed by atoms with Crippen LogP contribution in [0, 0.1) is 18.8 Å². The molecule has 0 unspecified atom stereocenters. The molecule has 210 valence electrons. The van der Waals surface area contributed by atoms with Gasteiger partial charge in [0.2, 0.25) is 5.91 Å². The number of hydrogen-bond acceptors (Lipinski definition) is 6. The number of carboxylic acids is 2. The summed E-state index contributed by atoms with van der Waals surface area (Å²) in [4.78, 5) is 43.8. The topological polar surface area (TPSA) is 129 Å². The highest BCUT2D eigenvalue weighted by Gasteiger charge is 2.46. The summed E-state index contributed by atoms with van der Waals surface area (Å²) < 4.78 is 65.5. The van der Waals surface area contributed by atoms with Crippen molar-refractivity contribution in [1.29, 1.82) is 0 Å². The molecule has 4 rings (SSSR count). The van der Waals surface area contributed by atoms with Crippen LogP contribution in [0.1, 0.15) is 17.2 Å². The van der Waals surface area contributed by atoms with Gasteiger partial charge in [-0.3, -0.25) is 14.7 Å². The van der Waals surface area contributed by atoms with Gasteiger partial charge in [-0.2, -0.15) is 26.3 Å². The molecule has 0 radical (unpaired) electrons. The van der Waals surface area contributed by atoms with Gasteiger partial charge in [0.25, 0.3) is 0 Å². The van der Waals surface area contributed by atoms with Crippen molar-refractivity contribution in [1.82, 2.24) is 24.3 Å². The maximum absolute atomic E-state index is 12.7. The molecule has 38 heavy (non-hydrogen) atoms. The summed E-state index contributed by atoms with van der Waals surface area (Å²) in [6.45, 7) is 6.10. The zero-order valence-corrected chi connectivity index (χ0v) is 20.2. The molecule has 2 aliphatic rings. The SMILES string of the molecule is Cc1cccc(CN2C[C@@H]3CN(Cc4nccn4C)C[C@@H]3C2=O)n1.O=C(O)C(F)(F)F.O=C(O)C(F)(F)F. The van der Waals surface area contributed by atoms with Crippen LogP contribution in [0.5, 0.6) is 0 Å². The molecule has 2 aromatic rings. The minimum Gasteiger partial charge on any atom is -0.475 e. The van der Waals surface area contributed by atoms with E-state index in [0.717, 1.165) is 43.4 Å². The van der Waals surface area contributed by atoms with E-state index in [-0.39, 0.29) is 11.8 Å². The van der Waals surface area contributed by atoms with Crippen LogP contribution in [-0.4, -0.2) is 84.4 Å². The molecule has 2 fully saturated rings. The number of amides is 1. The first kappa shape index (κ1) is 30.5. The van der Waals surface area contributed by atoms with Crippen LogP contribution in [0.4, 0.5) is 26.3 Å². The Balaban J connectivity index is 0.000000301. The largest absolute Gasteiger partial charge is 0.490 e. The minimum absolute atomic E-state index is 0.134. The standard InChI is InChI=1S/C18H23N5O.2C2HF3O2/c1-13-4-3-5-15(20-13)10-23-9-14-8-22(11-16(14)18(23)24)12-17-19-6-7-21(17)2;2*3-2(4,5)1(6)7/h3-7,14,16H,8-12H2,1-2H3;2*(H,6,7)/t14-,16-;;/m0../s1. The Hall–Kier alpha value is -3.69. The molecular formula is C22H25F6N5O5. The summed E-state index contributed by atoms with van der Waals surface area (Å²) in [6, 6.07) is 5.99. The Kier molecular flexibility index (Phi) is 9.83. The van der Waals surface area contributed by atoms with Crippen molar-refractivity contribution in [3.63, 3.8) is 0 Å². The van der Waals surface area contributed by atoms with Crippen molar-refractivity contribution in [3.8, 4) is 0 Å². The number of aryl methyl sites for hydroxylation is 2. The number of alkyl halides is 6. The van der Waals surface area contributed by atoms with E-state index in [1.54, 1.807) is 0 Å². The van der Waals surface area contributed by atoms with Gasteiger partial charge in [0, 0.05) is 50.7 Å². The normalized spacial score (nSPS) is 19.3. The van der Waals surface area contributed by atoms with Crippen LogP contribution >= 0.6 is 0 Å². The summed E-state index contributed by atoms with van der Waals surface area (Å²) in [7, 11) is 2.01. The third-order valence-corrected chi connectivity index (χ3v) is 5.67. The number of fused-ring (bicyclic) bond motifs is 1. The van der Waals surface area contributed by atoms with Gasteiger partial charge in [0.05, 0.1) is 24.7 Å². The van der Waals surface area contributed by atoms with E-state index in [2.05, 4.69) is 14.9 Å². The smallest absolute Gasteiger partial charge is 0.475 e. The highest BCUT2D eigenvalue weighted by Crippen LogP contribution is 2.33. The molecule has 0 aromatic carbocycles. The van der Waals surface area contributed by atoms with Gasteiger partial charge in [-0.05, 0) is 19.1 Å². The second-order valence-corrected chi connectivity index (χ2v) is 8.61. The Bertz CT molecular complexity index is 1110. The molecule has 0 aliphatic carbocycles. The van der Waals surface area contributed by atoms with Crippen LogP contribution in [-0.2, 0) is 34.5 Å². The Morgan fingerprint density at radius 2 is 1.58 bits per heavy atom. The molecule has 16 heteroatoms. The van der Waals surface area contributed by atoms with Crippen molar-refractivity contribution >= 4 is 17.8 Å². The number of aromatic nitrogens is 3. The van der Waals surface area contributed by atoms with Gasteiger partial charge >= 0.3 is 24.3 Å². The van der Waals surface area contributed by atoms with E-state index in [1.807, 2.05) is 54.0 Å². The number of imidazole rings is 1. The van der Waals surface area contributed by atoms with Crippen LogP contribution in [0.25, 0.3) is 0 Å². The number of rotatable bonds is 4. The molecule has 2 aliphatic heterocycles. The molecule has 0 saturated carbocycles. The lowest BCUT2D eigenvalue weighted by molar-refractivity contribution is -0.193. The fourth-order valence-electron chi connectivity index (χ4n) is 3.94. The first-order valence-electron chi connectivity index (χ1n) is 11.0. The molecular weight excluding hydrogens is 528 g/mol. The van der Waals surface area contributed by atoms with E-state index in [4.69, 9.17) is 19.8 Å². The number of halogens is 6. The van der Waals surface area contributed by atoms with Crippen LogP contribution in [0.2, 0.25) is 0 Å². The van der Waals surface area contributed by atoms with Crippen molar-refractivity contribution in [3.05, 3.63) is 47.8 Å². The van der Waals surface area contributed by atoms with E-state index >= 15 is 0 Å². The van der Waals surface area contributed by atoms with Crippen molar-refractivity contribution < 1.29 is 50.9 Å². The predicted molar refractivity (Wildman–Crippen MR) is 117 cm³/mol. The molecule has 2 N–H and O–H groups in total. The van der Waals surface area contributed by atoms with Gasteiger partial charge < -0.3 is 19.7 Å². The monoisotopic (exact) mass is 553 g/mol. The summed E-state index contributed by atoms with van der Waals surface area (Å²) in [5, 5.41) is 14.2. The summed E-state index contributed by atoms with van der Waals surface area (Å²) in [6.07, 6.45) is -6.37. The minimum atomic E-state index is -5.08. The van der Waals surface area contributed by atoms with Crippen LogP contribution in [0.15, 0.2) is 30.6 Å². The molecule has 2 aromatic heterocycles. The highest BCUT2D eigenvalue weighted by molar-refractivity contribution is 5.82. The molecule has 2 saturated heterocycles. The van der Waals surface area contributed by atoms with E-state index in [9.17, 15) is 31.1 Å². The van der Waals surface area contributed by atoms with Crippen LogP contribution < -0.4 is 0 Å². The first-order valence-corrected chi connectivity index (χ1v) is 11.0. The Morgan fingerprint density at radius 1 is 1.00 bits per heavy atom.